The minimum absolute atomic E-state index is 0.260. The zero-order chi connectivity index (χ0) is 25.8. The van der Waals surface area contributed by atoms with Crippen molar-refractivity contribution in [2.75, 3.05) is 9.80 Å². The summed E-state index contributed by atoms with van der Waals surface area (Å²) in [6.45, 7) is 3.25. The Kier molecular flexibility index (Phi) is 5.30. The van der Waals surface area contributed by atoms with Gasteiger partial charge in [-0.15, -0.1) is 0 Å². The quantitative estimate of drug-likeness (QED) is 0.235. The summed E-state index contributed by atoms with van der Waals surface area (Å²) in [5.41, 5.74) is 3.24. The number of benzene rings is 3. The molecule has 3 heterocycles. The summed E-state index contributed by atoms with van der Waals surface area (Å²) >= 11 is 0. The number of hydrogen-bond acceptors (Lipinski definition) is 6. The average Bonchev–Trinajstić information content (AvgIpc) is 3.37. The lowest BCUT2D eigenvalue weighted by atomic mass is 9.86. The van der Waals surface area contributed by atoms with Crippen LogP contribution in [0.3, 0.4) is 0 Å². The normalized spacial score (nSPS) is 23.5. The molecule has 2 fully saturated rings. The Hall–Kier alpha value is -4.52. The van der Waals surface area contributed by atoms with Gasteiger partial charge in [-0.1, -0.05) is 72.3 Å². The molecular weight excluding hydrogens is 468 g/mol. The number of para-hydroxylation sites is 1. The third-order valence-electron chi connectivity index (χ3n) is 7.36. The lowest BCUT2D eigenvalue weighted by molar-refractivity contribution is -0.132. The van der Waals surface area contributed by atoms with E-state index in [1.54, 1.807) is 48.5 Å². The Labute approximate surface area is 213 Å². The van der Waals surface area contributed by atoms with E-state index in [-0.39, 0.29) is 11.7 Å². The number of rotatable bonds is 4. The summed E-state index contributed by atoms with van der Waals surface area (Å²) in [7, 11) is 0. The smallest absolute Gasteiger partial charge is 0.308 e. The number of ketones is 1. The highest BCUT2D eigenvalue weighted by molar-refractivity contribution is 6.25. The van der Waals surface area contributed by atoms with Crippen LogP contribution in [0.2, 0.25) is 0 Å². The fraction of sp³-hybridized carbons (Fsp3) is 0.200. The van der Waals surface area contributed by atoms with Crippen LogP contribution in [0.15, 0.2) is 78.9 Å². The first-order valence-corrected chi connectivity index (χ1v) is 12.2. The maximum atomic E-state index is 14.1. The van der Waals surface area contributed by atoms with Gasteiger partial charge in [0.15, 0.2) is 11.5 Å². The first-order chi connectivity index (χ1) is 17.9. The predicted molar refractivity (Wildman–Crippen MR) is 138 cm³/mol. The predicted octanol–water partition coefficient (Wildman–Crippen LogP) is 4.19. The van der Waals surface area contributed by atoms with Crippen LogP contribution >= 0.6 is 0 Å². The van der Waals surface area contributed by atoms with Gasteiger partial charge >= 0.3 is 5.97 Å². The largest absolute Gasteiger partial charge is 0.424 e. The minimum Gasteiger partial charge on any atom is -0.424 e. The third-order valence-corrected chi connectivity index (χ3v) is 7.36. The number of esters is 1. The van der Waals surface area contributed by atoms with Gasteiger partial charge in [0, 0.05) is 18.1 Å². The van der Waals surface area contributed by atoms with E-state index < -0.39 is 35.8 Å². The van der Waals surface area contributed by atoms with Gasteiger partial charge in [0.2, 0.25) is 11.8 Å². The molecule has 3 aromatic carbocycles. The molecule has 184 valence electrons. The van der Waals surface area contributed by atoms with Crippen molar-refractivity contribution < 1.29 is 23.9 Å². The molecule has 0 aliphatic carbocycles. The molecule has 0 unspecified atom stereocenters. The summed E-state index contributed by atoms with van der Waals surface area (Å²) in [4.78, 5) is 56.9. The number of nitrogens with zero attached hydrogens (tertiary/aromatic N) is 2. The van der Waals surface area contributed by atoms with Gasteiger partial charge in [0.25, 0.3) is 0 Å². The first-order valence-electron chi connectivity index (χ1n) is 12.2. The molecule has 37 heavy (non-hydrogen) atoms. The van der Waals surface area contributed by atoms with Gasteiger partial charge in [-0.3, -0.25) is 19.2 Å². The molecule has 2 saturated heterocycles. The molecule has 6 rings (SSSR count). The van der Waals surface area contributed by atoms with Crippen LogP contribution in [0.25, 0.3) is 6.08 Å². The second-order valence-electron chi connectivity index (χ2n) is 9.62. The SMILES string of the molecule is CC(=O)Oc1cccc2c1N1[C@H](C=C2)[C@@H]2C(=O)N(c3ccc(C)cc3)C(=O)[C@@H]2[C@@H]1C(=O)c1ccccc1. The molecule has 0 bridgehead atoms. The monoisotopic (exact) mass is 492 g/mol. The number of hydrogen-bond donors (Lipinski definition) is 0. The zero-order valence-electron chi connectivity index (χ0n) is 20.3. The van der Waals surface area contributed by atoms with Crippen molar-refractivity contribution in [2.45, 2.75) is 25.9 Å². The molecule has 7 heteroatoms. The summed E-state index contributed by atoms with van der Waals surface area (Å²) in [5.74, 6) is -2.86. The second kappa shape index (κ2) is 8.55. The highest BCUT2D eigenvalue weighted by Crippen LogP contribution is 2.52. The molecule has 2 amide bonds. The van der Waals surface area contributed by atoms with Crippen LogP contribution in [-0.4, -0.2) is 35.7 Å². The van der Waals surface area contributed by atoms with E-state index in [2.05, 4.69) is 0 Å². The summed E-state index contributed by atoms with van der Waals surface area (Å²) in [6.07, 6.45) is 3.74. The summed E-state index contributed by atoms with van der Waals surface area (Å²) in [5, 5.41) is 0. The topological polar surface area (TPSA) is 84.0 Å². The Morgan fingerprint density at radius 1 is 0.838 bits per heavy atom. The number of carbonyl (C=O) groups is 4. The molecule has 3 aromatic rings. The standard InChI is InChI=1S/C30H24N2O5/c1-17-11-14-21(15-12-17)31-29(35)24-22-16-13-19-9-6-10-23(37-18(2)33)26(19)32(22)27(25(24)30(31)36)28(34)20-7-4-3-5-8-20/h3-16,22,24-25,27H,1-2H3/t22-,24+,25+,27-/m1/s1. The Morgan fingerprint density at radius 2 is 1.54 bits per heavy atom. The van der Waals surface area contributed by atoms with Gasteiger partial charge in [-0.25, -0.2) is 4.90 Å². The van der Waals surface area contributed by atoms with Gasteiger partial charge in [-0.2, -0.15) is 0 Å². The Balaban J connectivity index is 1.52. The summed E-state index contributed by atoms with van der Waals surface area (Å²) < 4.78 is 5.53. The van der Waals surface area contributed by atoms with Crippen LogP contribution in [0.5, 0.6) is 5.75 Å². The highest BCUT2D eigenvalue weighted by Gasteiger charge is 2.64. The Morgan fingerprint density at radius 3 is 2.24 bits per heavy atom. The number of carbonyl (C=O) groups excluding carboxylic acids is 4. The Bertz CT molecular complexity index is 1480. The number of ether oxygens (including phenoxy) is 1. The van der Waals surface area contributed by atoms with Crippen molar-refractivity contribution >= 4 is 41.0 Å². The van der Waals surface area contributed by atoms with Gasteiger partial charge in [0.05, 0.1) is 29.3 Å². The van der Waals surface area contributed by atoms with Crippen molar-refractivity contribution in [1.29, 1.82) is 0 Å². The lowest BCUT2D eigenvalue weighted by Gasteiger charge is -2.37. The average molecular weight is 493 g/mol. The number of anilines is 2. The molecule has 4 atom stereocenters. The van der Waals surface area contributed by atoms with Gasteiger partial charge in [-0.05, 0) is 25.1 Å². The highest BCUT2D eigenvalue weighted by atomic mass is 16.5. The maximum absolute atomic E-state index is 14.1. The van der Waals surface area contributed by atoms with E-state index in [9.17, 15) is 19.2 Å². The number of Topliss-reactive ketones (excluding diaryl/α,β-unsaturated/α-hetero) is 1. The maximum Gasteiger partial charge on any atom is 0.308 e. The van der Waals surface area contributed by atoms with E-state index in [0.717, 1.165) is 11.1 Å². The molecule has 0 spiro atoms. The van der Waals surface area contributed by atoms with Crippen molar-refractivity contribution in [3.05, 3.63) is 95.6 Å². The lowest BCUT2D eigenvalue weighted by Crippen LogP contribution is -2.49. The van der Waals surface area contributed by atoms with Crippen LogP contribution in [-0.2, 0) is 14.4 Å². The molecule has 3 aliphatic heterocycles. The van der Waals surface area contributed by atoms with Gasteiger partial charge in [0.1, 0.15) is 6.04 Å². The first kappa shape index (κ1) is 22.9. The fourth-order valence-corrected chi connectivity index (χ4v) is 5.84. The molecule has 0 radical (unpaired) electrons. The number of amides is 2. The van der Waals surface area contributed by atoms with Crippen LogP contribution in [0.1, 0.15) is 28.4 Å². The van der Waals surface area contributed by atoms with Crippen molar-refractivity contribution in [1.82, 2.24) is 0 Å². The van der Waals surface area contributed by atoms with Crippen molar-refractivity contribution in [3.63, 3.8) is 0 Å². The van der Waals surface area contributed by atoms with Gasteiger partial charge < -0.3 is 9.64 Å². The number of aryl methyl sites for hydroxylation is 1. The molecule has 3 aliphatic rings. The molecule has 0 aromatic heterocycles. The number of fused-ring (bicyclic) bond motifs is 5. The zero-order valence-corrected chi connectivity index (χ0v) is 20.3. The second-order valence-corrected chi connectivity index (χ2v) is 9.62. The molecule has 7 nitrogen and oxygen atoms in total. The molecule has 0 N–H and O–H groups in total. The van der Waals surface area contributed by atoms with E-state index >= 15 is 0 Å². The van der Waals surface area contributed by atoms with Crippen molar-refractivity contribution in [2.24, 2.45) is 11.8 Å². The van der Waals surface area contributed by atoms with Crippen molar-refractivity contribution in [3.8, 4) is 5.75 Å². The van der Waals surface area contributed by atoms with E-state index in [0.29, 0.717) is 22.7 Å². The molecular formula is C30H24N2O5. The van der Waals surface area contributed by atoms with Crippen LogP contribution in [0.4, 0.5) is 11.4 Å². The van der Waals surface area contributed by atoms with E-state index in [4.69, 9.17) is 4.74 Å². The fourth-order valence-electron chi connectivity index (χ4n) is 5.84. The third kappa shape index (κ3) is 3.49. The summed E-state index contributed by atoms with van der Waals surface area (Å²) in [6, 6.07) is 19.8. The molecule has 0 saturated carbocycles. The van der Waals surface area contributed by atoms with Crippen LogP contribution in [0, 0.1) is 18.8 Å². The van der Waals surface area contributed by atoms with E-state index in [1.807, 2.05) is 48.2 Å². The van der Waals surface area contributed by atoms with E-state index in [1.165, 1.54) is 11.8 Å². The minimum atomic E-state index is -0.954. The number of imide groups is 1. The van der Waals surface area contributed by atoms with Crippen LogP contribution < -0.4 is 14.5 Å².